The number of anilines is 1. The lowest BCUT2D eigenvalue weighted by atomic mass is 9.87. The summed E-state index contributed by atoms with van der Waals surface area (Å²) >= 11 is 0. The first kappa shape index (κ1) is 23.1. The molecule has 0 unspecified atom stereocenters. The Balaban J connectivity index is 1.40. The minimum absolute atomic E-state index is 0.0285. The van der Waals surface area contributed by atoms with Crippen molar-refractivity contribution >= 4 is 22.5 Å². The molecule has 4 aromatic rings. The van der Waals surface area contributed by atoms with Gasteiger partial charge in [0.15, 0.2) is 0 Å². The van der Waals surface area contributed by atoms with Crippen molar-refractivity contribution in [3.05, 3.63) is 102 Å². The maximum atomic E-state index is 14.2. The number of hydrogen-bond acceptors (Lipinski definition) is 2. The summed E-state index contributed by atoms with van der Waals surface area (Å²) in [5, 5.41) is 1.08. The van der Waals surface area contributed by atoms with E-state index in [0.717, 1.165) is 28.6 Å². The fourth-order valence-electron chi connectivity index (χ4n) is 5.15. The molecule has 5 rings (SSSR count). The predicted molar refractivity (Wildman–Crippen MR) is 136 cm³/mol. The molecular weight excluding hydrogens is 444 g/mol. The zero-order valence-corrected chi connectivity index (χ0v) is 19.8. The fraction of sp³-hybridized carbons (Fsp3) is 0.276. The zero-order chi connectivity index (χ0) is 24.4. The van der Waals surface area contributed by atoms with Gasteiger partial charge in [0.25, 0.3) is 0 Å². The number of aromatic nitrogens is 1. The van der Waals surface area contributed by atoms with Crippen molar-refractivity contribution in [1.29, 1.82) is 0 Å². The molecule has 0 aliphatic carbocycles. The molecule has 1 aromatic heterocycles. The van der Waals surface area contributed by atoms with Crippen molar-refractivity contribution in [2.75, 3.05) is 31.1 Å². The van der Waals surface area contributed by atoms with Gasteiger partial charge in [-0.3, -0.25) is 4.79 Å². The molecule has 1 atom stereocenters. The van der Waals surface area contributed by atoms with E-state index in [1.807, 2.05) is 34.1 Å². The first-order valence-electron chi connectivity index (χ1n) is 12.2. The minimum atomic E-state index is -0.308. The third-order valence-electron chi connectivity index (χ3n) is 6.99. The van der Waals surface area contributed by atoms with Gasteiger partial charge in [0.05, 0.1) is 5.69 Å². The highest BCUT2D eigenvalue weighted by Gasteiger charge is 2.28. The second-order valence-corrected chi connectivity index (χ2v) is 9.02. The molecule has 0 N–H and O–H groups in total. The van der Waals surface area contributed by atoms with Gasteiger partial charge in [-0.2, -0.15) is 0 Å². The molecule has 1 aliphatic heterocycles. The Bertz CT molecular complexity index is 1340. The molecule has 1 fully saturated rings. The smallest absolute Gasteiger partial charge is 0.223 e. The van der Waals surface area contributed by atoms with Crippen LogP contribution >= 0.6 is 0 Å². The van der Waals surface area contributed by atoms with Crippen LogP contribution in [0.15, 0.2) is 79.0 Å². The maximum absolute atomic E-state index is 14.2. The largest absolute Gasteiger partial charge is 0.366 e. The number of rotatable bonds is 6. The third-order valence-corrected chi connectivity index (χ3v) is 6.99. The van der Waals surface area contributed by atoms with Crippen molar-refractivity contribution < 1.29 is 13.6 Å². The van der Waals surface area contributed by atoms with Crippen LogP contribution in [0.3, 0.4) is 0 Å². The summed E-state index contributed by atoms with van der Waals surface area (Å²) in [4.78, 5) is 17.3. The molecule has 0 radical (unpaired) electrons. The Hall–Kier alpha value is -3.67. The Morgan fingerprint density at radius 1 is 0.914 bits per heavy atom. The van der Waals surface area contributed by atoms with Crippen LogP contribution in [0.4, 0.5) is 14.5 Å². The van der Waals surface area contributed by atoms with Gasteiger partial charge in [0.2, 0.25) is 5.91 Å². The van der Waals surface area contributed by atoms with Gasteiger partial charge in [0.1, 0.15) is 11.6 Å². The molecular formula is C29H29F2N3O. The zero-order valence-electron chi connectivity index (χ0n) is 19.8. The molecule has 35 heavy (non-hydrogen) atoms. The van der Waals surface area contributed by atoms with Crippen LogP contribution in [0, 0.1) is 11.6 Å². The monoisotopic (exact) mass is 473 g/mol. The lowest BCUT2D eigenvalue weighted by molar-refractivity contribution is -0.131. The lowest BCUT2D eigenvalue weighted by Crippen LogP contribution is -2.49. The number of halogens is 2. The Morgan fingerprint density at radius 2 is 1.66 bits per heavy atom. The van der Waals surface area contributed by atoms with Gasteiger partial charge in [-0.15, -0.1) is 0 Å². The number of amides is 1. The molecule has 6 heteroatoms. The summed E-state index contributed by atoms with van der Waals surface area (Å²) in [5.41, 5.74) is 3.51. The second kappa shape index (κ2) is 9.90. The number of piperazine rings is 1. The van der Waals surface area contributed by atoms with Crippen LogP contribution < -0.4 is 4.90 Å². The predicted octanol–water partition coefficient (Wildman–Crippen LogP) is 5.81. The number of hydrogen-bond donors (Lipinski definition) is 0. The SMILES string of the molecule is CCn1cc([C@@H](CC(=O)N2CCN(c3ccccc3F)CC2)c2cccc(F)c2)c2ccccc21. The molecule has 3 aromatic carbocycles. The van der Waals surface area contributed by atoms with Crippen LogP contribution in [0.2, 0.25) is 0 Å². The molecule has 1 saturated heterocycles. The maximum Gasteiger partial charge on any atom is 0.223 e. The van der Waals surface area contributed by atoms with E-state index in [9.17, 15) is 13.6 Å². The first-order valence-corrected chi connectivity index (χ1v) is 12.2. The lowest BCUT2D eigenvalue weighted by Gasteiger charge is -2.36. The van der Waals surface area contributed by atoms with E-state index >= 15 is 0 Å². The van der Waals surface area contributed by atoms with E-state index in [-0.39, 0.29) is 29.9 Å². The number of nitrogens with zero attached hydrogens (tertiary/aromatic N) is 3. The Kier molecular flexibility index (Phi) is 6.53. The van der Waals surface area contributed by atoms with Crippen LogP contribution in [0.25, 0.3) is 10.9 Å². The van der Waals surface area contributed by atoms with Crippen LogP contribution in [-0.2, 0) is 11.3 Å². The van der Waals surface area contributed by atoms with Gasteiger partial charge in [-0.25, -0.2) is 8.78 Å². The number of carbonyl (C=O) groups is 1. The van der Waals surface area contributed by atoms with Crippen molar-refractivity contribution in [2.24, 2.45) is 0 Å². The summed E-state index contributed by atoms with van der Waals surface area (Å²) < 4.78 is 30.6. The summed E-state index contributed by atoms with van der Waals surface area (Å²) in [6.07, 6.45) is 2.35. The number of para-hydroxylation sites is 2. The van der Waals surface area contributed by atoms with Gasteiger partial charge >= 0.3 is 0 Å². The van der Waals surface area contributed by atoms with Crippen molar-refractivity contribution in [3.63, 3.8) is 0 Å². The number of aryl methyl sites for hydroxylation is 1. The average molecular weight is 474 g/mol. The highest BCUT2D eigenvalue weighted by molar-refractivity contribution is 5.86. The van der Waals surface area contributed by atoms with E-state index in [1.54, 1.807) is 18.2 Å². The van der Waals surface area contributed by atoms with E-state index in [0.29, 0.717) is 31.9 Å². The van der Waals surface area contributed by atoms with E-state index < -0.39 is 0 Å². The molecule has 0 saturated carbocycles. The van der Waals surface area contributed by atoms with E-state index in [1.165, 1.54) is 18.2 Å². The average Bonchev–Trinajstić information content (AvgIpc) is 3.26. The van der Waals surface area contributed by atoms with Gasteiger partial charge in [-0.05, 0) is 48.4 Å². The normalized spacial score (nSPS) is 14.9. The Labute approximate surface area is 204 Å². The highest BCUT2D eigenvalue weighted by atomic mass is 19.1. The van der Waals surface area contributed by atoms with E-state index in [2.05, 4.69) is 29.8 Å². The standard InChI is InChI=1S/C29H29F2N3O/c1-2-32-20-25(23-10-3-5-12-27(23)32)24(21-8-7-9-22(30)18-21)19-29(35)34-16-14-33(15-17-34)28-13-6-4-11-26(28)31/h3-13,18,20,24H,2,14-17,19H2,1H3/t24-/m0/s1. The quantitative estimate of drug-likeness (QED) is 0.354. The number of fused-ring (bicyclic) bond motifs is 1. The number of benzene rings is 3. The molecule has 4 nitrogen and oxygen atoms in total. The molecule has 180 valence electrons. The summed E-state index contributed by atoms with van der Waals surface area (Å²) in [6.45, 7) is 5.11. The van der Waals surface area contributed by atoms with Crippen molar-refractivity contribution in [2.45, 2.75) is 25.8 Å². The highest BCUT2D eigenvalue weighted by Crippen LogP contribution is 2.35. The van der Waals surface area contributed by atoms with Crippen LogP contribution in [0.5, 0.6) is 0 Å². The van der Waals surface area contributed by atoms with Crippen molar-refractivity contribution in [3.8, 4) is 0 Å². The third kappa shape index (κ3) is 4.65. The molecule has 0 bridgehead atoms. The topological polar surface area (TPSA) is 28.5 Å². The van der Waals surface area contributed by atoms with E-state index in [4.69, 9.17) is 0 Å². The van der Waals surface area contributed by atoms with Crippen LogP contribution in [-0.4, -0.2) is 41.6 Å². The van der Waals surface area contributed by atoms with Crippen LogP contribution in [0.1, 0.15) is 30.4 Å². The molecule has 1 amide bonds. The Morgan fingerprint density at radius 3 is 2.40 bits per heavy atom. The second-order valence-electron chi connectivity index (χ2n) is 9.02. The fourth-order valence-corrected chi connectivity index (χ4v) is 5.15. The van der Waals surface area contributed by atoms with Gasteiger partial charge < -0.3 is 14.4 Å². The summed E-state index contributed by atoms with van der Waals surface area (Å²) in [6, 6.07) is 21.5. The van der Waals surface area contributed by atoms with Crippen molar-refractivity contribution in [1.82, 2.24) is 9.47 Å². The number of carbonyl (C=O) groups excluding carboxylic acids is 1. The summed E-state index contributed by atoms with van der Waals surface area (Å²) in [7, 11) is 0. The van der Waals surface area contributed by atoms with Gasteiger partial charge in [-0.1, -0.05) is 42.5 Å². The molecule has 2 heterocycles. The molecule has 1 aliphatic rings. The molecule has 0 spiro atoms. The summed E-state index contributed by atoms with van der Waals surface area (Å²) in [5.74, 6) is -0.787. The van der Waals surface area contributed by atoms with Gasteiger partial charge in [0, 0.05) is 62.2 Å². The minimum Gasteiger partial charge on any atom is -0.366 e. The first-order chi connectivity index (χ1) is 17.0.